The second-order valence-corrected chi connectivity index (χ2v) is 5.88. The lowest BCUT2D eigenvalue weighted by molar-refractivity contribution is 0.390. The van der Waals surface area contributed by atoms with E-state index in [-0.39, 0.29) is 16.4 Å². The van der Waals surface area contributed by atoms with Crippen LogP contribution < -0.4 is 4.72 Å². The topological polar surface area (TPSA) is 92.4 Å². The smallest absolute Gasteiger partial charge is 0.267 e. The maximum Gasteiger partial charge on any atom is 0.267 e. The Morgan fingerprint density at radius 2 is 1.95 bits per heavy atom. The number of aromatic nitrogens is 1. The molecule has 1 heterocycles. The number of rotatable bonds is 3. The molecule has 0 aliphatic heterocycles. The lowest BCUT2D eigenvalue weighted by Gasteiger charge is -2.10. The van der Waals surface area contributed by atoms with Gasteiger partial charge < -0.3 is 9.63 Å². The van der Waals surface area contributed by atoms with Crippen molar-refractivity contribution in [2.24, 2.45) is 0 Å². The summed E-state index contributed by atoms with van der Waals surface area (Å²) in [6.45, 7) is 4.80. The minimum atomic E-state index is -3.75. The highest BCUT2D eigenvalue weighted by Crippen LogP contribution is 2.25. The lowest BCUT2D eigenvalue weighted by atomic mass is 10.2. The minimum absolute atomic E-state index is 0.0416. The van der Waals surface area contributed by atoms with E-state index in [2.05, 4.69) is 9.88 Å². The SMILES string of the molecule is Cc1cc(O)ccc1NS(=O)(=O)c1c(C)noc1C. The van der Waals surface area contributed by atoms with E-state index >= 15 is 0 Å². The van der Waals surface area contributed by atoms with Gasteiger partial charge in [-0.15, -0.1) is 0 Å². The highest BCUT2D eigenvalue weighted by atomic mass is 32.2. The summed E-state index contributed by atoms with van der Waals surface area (Å²) in [5.74, 6) is 0.319. The molecule has 2 N–H and O–H groups in total. The highest BCUT2D eigenvalue weighted by Gasteiger charge is 2.24. The van der Waals surface area contributed by atoms with Crippen molar-refractivity contribution in [2.45, 2.75) is 25.7 Å². The molecule has 7 heteroatoms. The number of benzene rings is 1. The predicted octanol–water partition coefficient (Wildman–Crippen LogP) is 2.11. The van der Waals surface area contributed by atoms with Gasteiger partial charge in [-0.05, 0) is 44.5 Å². The van der Waals surface area contributed by atoms with Crippen LogP contribution in [0.3, 0.4) is 0 Å². The summed E-state index contributed by atoms with van der Waals surface area (Å²) in [6, 6.07) is 4.39. The van der Waals surface area contributed by atoms with Crippen LogP contribution >= 0.6 is 0 Å². The number of aromatic hydroxyl groups is 1. The van der Waals surface area contributed by atoms with E-state index in [1.807, 2.05) is 0 Å². The average Bonchev–Trinajstić information content (AvgIpc) is 2.63. The van der Waals surface area contributed by atoms with Crippen molar-refractivity contribution in [1.82, 2.24) is 5.16 Å². The van der Waals surface area contributed by atoms with Gasteiger partial charge >= 0.3 is 0 Å². The Labute approximate surface area is 111 Å². The Hall–Kier alpha value is -2.02. The molecular formula is C12H14N2O4S. The van der Waals surface area contributed by atoms with Gasteiger partial charge in [0.15, 0.2) is 10.7 Å². The van der Waals surface area contributed by atoms with Crippen molar-refractivity contribution in [1.29, 1.82) is 0 Å². The normalized spacial score (nSPS) is 11.5. The van der Waals surface area contributed by atoms with Crippen molar-refractivity contribution in [3.05, 3.63) is 35.2 Å². The number of phenols is 1. The first-order valence-electron chi connectivity index (χ1n) is 5.56. The van der Waals surface area contributed by atoms with Gasteiger partial charge in [-0.2, -0.15) is 0 Å². The summed E-state index contributed by atoms with van der Waals surface area (Å²) >= 11 is 0. The number of anilines is 1. The van der Waals surface area contributed by atoms with E-state index in [1.165, 1.54) is 25.1 Å². The first-order valence-corrected chi connectivity index (χ1v) is 7.05. The summed E-state index contributed by atoms with van der Waals surface area (Å²) in [5, 5.41) is 12.9. The zero-order chi connectivity index (χ0) is 14.2. The molecule has 2 rings (SSSR count). The van der Waals surface area contributed by atoms with Crippen LogP contribution in [0.1, 0.15) is 17.0 Å². The van der Waals surface area contributed by atoms with Gasteiger partial charge in [0, 0.05) is 0 Å². The van der Waals surface area contributed by atoms with E-state index in [0.29, 0.717) is 16.9 Å². The number of aryl methyl sites for hydroxylation is 3. The maximum atomic E-state index is 12.3. The van der Waals surface area contributed by atoms with E-state index in [9.17, 15) is 13.5 Å². The van der Waals surface area contributed by atoms with E-state index < -0.39 is 10.0 Å². The zero-order valence-electron chi connectivity index (χ0n) is 10.8. The number of nitrogens with one attached hydrogen (secondary N) is 1. The standard InChI is InChI=1S/C12H14N2O4S/c1-7-6-10(15)4-5-11(7)14-19(16,17)12-8(2)13-18-9(12)3/h4-6,14-15H,1-3H3. The predicted molar refractivity (Wildman–Crippen MR) is 69.6 cm³/mol. The molecule has 1 aromatic heterocycles. The molecule has 0 saturated heterocycles. The molecule has 0 bridgehead atoms. The van der Waals surface area contributed by atoms with Crippen LogP contribution in [0.5, 0.6) is 5.75 Å². The fourth-order valence-corrected chi connectivity index (χ4v) is 3.28. The molecule has 0 fully saturated rings. The summed E-state index contributed by atoms with van der Waals surface area (Å²) in [7, 11) is -3.75. The molecule has 19 heavy (non-hydrogen) atoms. The van der Waals surface area contributed by atoms with E-state index in [4.69, 9.17) is 4.52 Å². The second kappa shape index (κ2) is 4.58. The van der Waals surface area contributed by atoms with E-state index in [1.54, 1.807) is 13.8 Å². The largest absolute Gasteiger partial charge is 0.508 e. The summed E-state index contributed by atoms with van der Waals surface area (Å²) in [4.78, 5) is 0.0416. The Bertz CT molecular complexity index is 700. The molecule has 0 aliphatic rings. The van der Waals surface area contributed by atoms with Gasteiger partial charge in [0.25, 0.3) is 10.0 Å². The van der Waals surface area contributed by atoms with Crippen LogP contribution in [0.15, 0.2) is 27.6 Å². The molecule has 0 spiro atoms. The molecule has 0 unspecified atom stereocenters. The van der Waals surface area contributed by atoms with Crippen molar-refractivity contribution in [3.8, 4) is 5.75 Å². The second-order valence-electron chi connectivity index (χ2n) is 4.26. The summed E-state index contributed by atoms with van der Waals surface area (Å²) in [5.41, 5.74) is 1.33. The Morgan fingerprint density at radius 1 is 1.26 bits per heavy atom. The fourth-order valence-electron chi connectivity index (χ4n) is 1.82. The zero-order valence-corrected chi connectivity index (χ0v) is 11.6. The molecule has 2 aromatic rings. The molecular weight excluding hydrogens is 268 g/mol. The Kier molecular flexibility index (Phi) is 3.23. The molecule has 0 saturated carbocycles. The average molecular weight is 282 g/mol. The van der Waals surface area contributed by atoms with Crippen LogP contribution in [0.4, 0.5) is 5.69 Å². The van der Waals surface area contributed by atoms with Crippen molar-refractivity contribution in [3.63, 3.8) is 0 Å². The molecule has 1 aromatic carbocycles. The first-order chi connectivity index (χ1) is 8.81. The van der Waals surface area contributed by atoms with Crippen molar-refractivity contribution >= 4 is 15.7 Å². The molecule has 6 nitrogen and oxygen atoms in total. The van der Waals surface area contributed by atoms with Gasteiger partial charge in [-0.1, -0.05) is 5.16 Å². The fraction of sp³-hybridized carbons (Fsp3) is 0.250. The van der Waals surface area contributed by atoms with Crippen LogP contribution in [0, 0.1) is 20.8 Å². The lowest BCUT2D eigenvalue weighted by Crippen LogP contribution is -2.15. The highest BCUT2D eigenvalue weighted by molar-refractivity contribution is 7.92. The van der Waals surface area contributed by atoms with Crippen LogP contribution in [-0.4, -0.2) is 18.7 Å². The van der Waals surface area contributed by atoms with Gasteiger partial charge in [-0.25, -0.2) is 8.42 Å². The molecule has 0 aliphatic carbocycles. The molecule has 0 atom stereocenters. The van der Waals surface area contributed by atoms with E-state index in [0.717, 1.165) is 0 Å². The Balaban J connectivity index is 2.42. The van der Waals surface area contributed by atoms with Crippen LogP contribution in [-0.2, 0) is 10.0 Å². The number of hydrogen-bond acceptors (Lipinski definition) is 5. The van der Waals surface area contributed by atoms with Crippen LogP contribution in [0.25, 0.3) is 0 Å². The van der Waals surface area contributed by atoms with Gasteiger partial charge in [0.1, 0.15) is 11.4 Å². The van der Waals surface area contributed by atoms with Gasteiger partial charge in [0.05, 0.1) is 5.69 Å². The van der Waals surface area contributed by atoms with Crippen LogP contribution in [0.2, 0.25) is 0 Å². The van der Waals surface area contributed by atoms with Crippen molar-refractivity contribution in [2.75, 3.05) is 4.72 Å². The first kappa shape index (κ1) is 13.4. The number of phenolic OH excluding ortho intramolecular Hbond substituents is 1. The third-order valence-electron chi connectivity index (χ3n) is 2.69. The molecule has 0 radical (unpaired) electrons. The maximum absolute atomic E-state index is 12.3. The van der Waals surface area contributed by atoms with Gasteiger partial charge in [-0.3, -0.25) is 4.72 Å². The Morgan fingerprint density at radius 3 is 2.47 bits per heavy atom. The minimum Gasteiger partial charge on any atom is -0.508 e. The number of nitrogens with zero attached hydrogens (tertiary/aromatic N) is 1. The quantitative estimate of drug-likeness (QED) is 0.841. The number of sulfonamides is 1. The van der Waals surface area contributed by atoms with Crippen molar-refractivity contribution < 1.29 is 18.0 Å². The molecule has 0 amide bonds. The van der Waals surface area contributed by atoms with Gasteiger partial charge in [0.2, 0.25) is 0 Å². The summed E-state index contributed by atoms with van der Waals surface area (Å²) in [6.07, 6.45) is 0. The summed E-state index contributed by atoms with van der Waals surface area (Å²) < 4.78 is 31.9. The number of hydrogen-bond donors (Lipinski definition) is 2. The molecule has 102 valence electrons. The third-order valence-corrected chi connectivity index (χ3v) is 4.30. The monoisotopic (exact) mass is 282 g/mol. The third kappa shape index (κ3) is 2.55.